The molecule has 1 heterocycles. The van der Waals surface area contributed by atoms with Crippen LogP contribution >= 0.6 is 0 Å². The molecule has 1 atom stereocenters. The minimum atomic E-state index is -0.477. The van der Waals surface area contributed by atoms with E-state index in [-0.39, 0.29) is 11.6 Å². The Morgan fingerprint density at radius 2 is 2.26 bits per heavy atom. The lowest BCUT2D eigenvalue weighted by Crippen LogP contribution is -2.28. The first kappa shape index (κ1) is 13.3. The highest BCUT2D eigenvalue weighted by Gasteiger charge is 2.25. The van der Waals surface area contributed by atoms with Crippen LogP contribution < -0.4 is 5.32 Å². The maximum Gasteiger partial charge on any atom is 0.293 e. The van der Waals surface area contributed by atoms with Crippen LogP contribution in [0.2, 0.25) is 0 Å². The van der Waals surface area contributed by atoms with Crippen LogP contribution in [0.3, 0.4) is 0 Å². The van der Waals surface area contributed by atoms with Crippen molar-refractivity contribution in [2.45, 2.75) is 13.3 Å². The number of hydrogen-bond donors (Lipinski definition) is 1. The van der Waals surface area contributed by atoms with Gasteiger partial charge in [-0.25, -0.2) is 0 Å². The number of nitrogens with zero attached hydrogens (tertiary/aromatic N) is 2. The van der Waals surface area contributed by atoms with Gasteiger partial charge in [-0.2, -0.15) is 0 Å². The highest BCUT2D eigenvalue weighted by molar-refractivity contribution is 5.95. The van der Waals surface area contributed by atoms with Gasteiger partial charge in [-0.15, -0.1) is 0 Å². The normalized spacial score (nSPS) is 18.4. The molecule has 1 amide bonds. The van der Waals surface area contributed by atoms with Crippen LogP contribution in [0.5, 0.6) is 0 Å². The molecule has 1 aromatic carbocycles. The molecule has 0 saturated carbocycles. The van der Waals surface area contributed by atoms with Crippen LogP contribution in [0, 0.1) is 16.0 Å². The topological polar surface area (TPSA) is 75.5 Å². The standard InChI is InChI=1S/C13H17N3O3/c1-9-5-6-15(8-9)13(17)10-3-4-11(14-2)12(7-10)16(18)19/h3-4,7,9,14H,5-6,8H2,1-2H3. The molecule has 0 bridgehead atoms. The lowest BCUT2D eigenvalue weighted by molar-refractivity contribution is -0.384. The Morgan fingerprint density at radius 1 is 1.53 bits per heavy atom. The molecular weight excluding hydrogens is 246 g/mol. The third kappa shape index (κ3) is 2.67. The molecule has 102 valence electrons. The molecule has 1 aromatic rings. The quantitative estimate of drug-likeness (QED) is 0.669. The SMILES string of the molecule is CNc1ccc(C(=O)N2CCC(C)C2)cc1[N+](=O)[O-]. The van der Waals surface area contributed by atoms with Crippen LogP contribution in [0.25, 0.3) is 0 Å². The molecule has 1 aliphatic rings. The van der Waals surface area contributed by atoms with Crippen molar-refractivity contribution in [3.05, 3.63) is 33.9 Å². The molecule has 6 nitrogen and oxygen atoms in total. The predicted molar refractivity (Wildman–Crippen MR) is 72.3 cm³/mol. The summed E-state index contributed by atoms with van der Waals surface area (Å²) in [7, 11) is 1.62. The average Bonchev–Trinajstić information content (AvgIpc) is 2.83. The second-order valence-electron chi connectivity index (χ2n) is 4.88. The Labute approximate surface area is 111 Å². The fourth-order valence-electron chi connectivity index (χ4n) is 2.33. The molecule has 1 aliphatic heterocycles. The number of rotatable bonds is 3. The Morgan fingerprint density at radius 3 is 2.79 bits per heavy atom. The van der Waals surface area contributed by atoms with Crippen molar-refractivity contribution in [2.75, 3.05) is 25.5 Å². The minimum absolute atomic E-state index is 0.0689. The average molecular weight is 263 g/mol. The van der Waals surface area contributed by atoms with Crippen molar-refractivity contribution < 1.29 is 9.72 Å². The van der Waals surface area contributed by atoms with Gasteiger partial charge in [-0.3, -0.25) is 14.9 Å². The van der Waals surface area contributed by atoms with E-state index in [1.54, 1.807) is 24.1 Å². The van der Waals surface area contributed by atoms with E-state index in [2.05, 4.69) is 12.2 Å². The fourth-order valence-corrected chi connectivity index (χ4v) is 2.33. The largest absolute Gasteiger partial charge is 0.383 e. The van der Waals surface area contributed by atoms with Gasteiger partial charge < -0.3 is 10.2 Å². The van der Waals surface area contributed by atoms with Gasteiger partial charge in [0.1, 0.15) is 5.69 Å². The number of likely N-dealkylation sites (tertiary alicyclic amines) is 1. The van der Waals surface area contributed by atoms with Gasteiger partial charge in [-0.1, -0.05) is 6.92 Å². The lowest BCUT2D eigenvalue weighted by Gasteiger charge is -2.16. The molecule has 0 spiro atoms. The van der Waals surface area contributed by atoms with Crippen molar-refractivity contribution >= 4 is 17.3 Å². The van der Waals surface area contributed by atoms with E-state index < -0.39 is 4.92 Å². The summed E-state index contributed by atoms with van der Waals surface area (Å²) in [6.45, 7) is 3.54. The second kappa shape index (κ2) is 5.26. The first-order valence-electron chi connectivity index (χ1n) is 6.28. The molecule has 0 radical (unpaired) electrons. The van der Waals surface area contributed by atoms with E-state index in [1.807, 2.05) is 0 Å². The maximum atomic E-state index is 12.2. The Hall–Kier alpha value is -2.11. The zero-order chi connectivity index (χ0) is 14.0. The summed E-state index contributed by atoms with van der Waals surface area (Å²) in [4.78, 5) is 24.5. The number of carbonyl (C=O) groups is 1. The molecule has 1 unspecified atom stereocenters. The van der Waals surface area contributed by atoms with E-state index in [1.165, 1.54) is 6.07 Å². The van der Waals surface area contributed by atoms with E-state index in [0.29, 0.717) is 17.2 Å². The summed E-state index contributed by atoms with van der Waals surface area (Å²) < 4.78 is 0. The van der Waals surface area contributed by atoms with Gasteiger partial charge in [-0.05, 0) is 24.5 Å². The summed E-state index contributed by atoms with van der Waals surface area (Å²) in [6.07, 6.45) is 0.989. The summed E-state index contributed by atoms with van der Waals surface area (Å²) in [5, 5.41) is 13.7. The monoisotopic (exact) mass is 263 g/mol. The summed E-state index contributed by atoms with van der Waals surface area (Å²) in [5.74, 6) is 0.366. The van der Waals surface area contributed by atoms with Gasteiger partial charge >= 0.3 is 0 Å². The highest BCUT2D eigenvalue weighted by Crippen LogP contribution is 2.26. The maximum absolute atomic E-state index is 12.2. The van der Waals surface area contributed by atoms with Crippen molar-refractivity contribution in [1.29, 1.82) is 0 Å². The summed E-state index contributed by atoms with van der Waals surface area (Å²) >= 11 is 0. The first-order valence-corrected chi connectivity index (χ1v) is 6.28. The molecular formula is C13H17N3O3. The van der Waals surface area contributed by atoms with E-state index >= 15 is 0 Å². The van der Waals surface area contributed by atoms with Crippen molar-refractivity contribution in [3.63, 3.8) is 0 Å². The zero-order valence-electron chi connectivity index (χ0n) is 11.0. The van der Waals surface area contributed by atoms with Gasteiger partial charge in [0, 0.05) is 31.8 Å². The zero-order valence-corrected chi connectivity index (χ0v) is 11.0. The molecule has 19 heavy (non-hydrogen) atoms. The van der Waals surface area contributed by atoms with Gasteiger partial charge in [0.2, 0.25) is 0 Å². The molecule has 1 fully saturated rings. The van der Waals surface area contributed by atoms with Crippen LogP contribution in [-0.2, 0) is 0 Å². The Bertz CT molecular complexity index is 516. The molecule has 0 aliphatic carbocycles. The third-order valence-electron chi connectivity index (χ3n) is 3.42. The Balaban J connectivity index is 2.28. The van der Waals surface area contributed by atoms with Gasteiger partial charge in [0.25, 0.3) is 11.6 Å². The van der Waals surface area contributed by atoms with Crippen LogP contribution in [0.1, 0.15) is 23.7 Å². The smallest absolute Gasteiger partial charge is 0.293 e. The lowest BCUT2D eigenvalue weighted by atomic mass is 10.1. The van der Waals surface area contributed by atoms with E-state index in [0.717, 1.165) is 19.5 Å². The molecule has 2 rings (SSSR count). The molecule has 1 N–H and O–H groups in total. The number of nitrogens with one attached hydrogen (secondary N) is 1. The van der Waals surface area contributed by atoms with E-state index in [9.17, 15) is 14.9 Å². The Kier molecular flexibility index (Phi) is 3.69. The van der Waals surface area contributed by atoms with Crippen molar-refractivity contribution in [2.24, 2.45) is 5.92 Å². The van der Waals surface area contributed by atoms with Crippen molar-refractivity contribution in [1.82, 2.24) is 4.90 Å². The number of anilines is 1. The first-order chi connectivity index (χ1) is 9.02. The number of benzene rings is 1. The number of nitro benzene ring substituents is 1. The molecule has 0 aromatic heterocycles. The second-order valence-corrected chi connectivity index (χ2v) is 4.88. The molecule has 1 saturated heterocycles. The number of nitro groups is 1. The van der Waals surface area contributed by atoms with Crippen LogP contribution in [-0.4, -0.2) is 35.9 Å². The minimum Gasteiger partial charge on any atom is -0.383 e. The van der Waals surface area contributed by atoms with Gasteiger partial charge in [0.05, 0.1) is 4.92 Å². The molecule has 6 heteroatoms. The fraction of sp³-hybridized carbons (Fsp3) is 0.462. The van der Waals surface area contributed by atoms with Crippen molar-refractivity contribution in [3.8, 4) is 0 Å². The number of amides is 1. The van der Waals surface area contributed by atoms with Gasteiger partial charge in [0.15, 0.2) is 0 Å². The van der Waals surface area contributed by atoms with Crippen LogP contribution in [0.4, 0.5) is 11.4 Å². The summed E-state index contributed by atoms with van der Waals surface area (Å²) in [6, 6.07) is 4.55. The number of carbonyl (C=O) groups excluding carboxylic acids is 1. The van der Waals surface area contributed by atoms with Crippen LogP contribution in [0.15, 0.2) is 18.2 Å². The van der Waals surface area contributed by atoms with E-state index in [4.69, 9.17) is 0 Å². The summed E-state index contributed by atoms with van der Waals surface area (Å²) in [5.41, 5.74) is 0.719. The predicted octanol–water partition coefficient (Wildman–Crippen LogP) is 2.12. The number of hydrogen-bond acceptors (Lipinski definition) is 4. The highest BCUT2D eigenvalue weighted by atomic mass is 16.6. The third-order valence-corrected chi connectivity index (χ3v) is 3.42.